The number of hydrogen-bond acceptors (Lipinski definition) is 6. The molecule has 0 saturated carbocycles. The van der Waals surface area contributed by atoms with E-state index >= 15 is 0 Å². The number of rotatable bonds is 1. The zero-order valence-corrected chi connectivity index (χ0v) is 14.5. The number of hydrogen-bond donors (Lipinski definition) is 2. The number of para-hydroxylation sites is 1. The number of carboxylic acid groups (broad SMARTS) is 1. The van der Waals surface area contributed by atoms with E-state index in [2.05, 4.69) is 4.99 Å². The molecule has 0 amide bonds. The van der Waals surface area contributed by atoms with Gasteiger partial charge in [0, 0.05) is 5.56 Å². The lowest BCUT2D eigenvalue weighted by Crippen LogP contribution is -2.31. The number of amidine groups is 1. The molecule has 1 spiro atoms. The van der Waals surface area contributed by atoms with E-state index in [0.717, 1.165) is 22.6 Å². The van der Waals surface area contributed by atoms with Gasteiger partial charge in [0.1, 0.15) is 23.9 Å². The number of halogens is 3. The fourth-order valence-corrected chi connectivity index (χ4v) is 3.02. The maximum atomic E-state index is 10.6. The summed E-state index contributed by atoms with van der Waals surface area (Å²) in [6.45, 7) is 0.340. The van der Waals surface area contributed by atoms with Gasteiger partial charge in [0.05, 0.1) is 12.7 Å². The molecule has 148 valence electrons. The number of aliphatic carboxylic acids is 1. The number of benzene rings is 2. The maximum absolute atomic E-state index is 10.6. The molecule has 1 unspecified atom stereocenters. The quantitative estimate of drug-likeness (QED) is 0.768. The van der Waals surface area contributed by atoms with Crippen molar-refractivity contribution in [3.8, 4) is 17.2 Å². The van der Waals surface area contributed by atoms with Crippen LogP contribution in [0.3, 0.4) is 0 Å². The van der Waals surface area contributed by atoms with Gasteiger partial charge in [0.15, 0.2) is 5.54 Å². The van der Waals surface area contributed by atoms with E-state index < -0.39 is 17.7 Å². The smallest absolute Gasteiger partial charge is 0.490 e. The van der Waals surface area contributed by atoms with Crippen LogP contribution in [0.2, 0.25) is 0 Å². The van der Waals surface area contributed by atoms with Crippen molar-refractivity contribution >= 4 is 12.0 Å². The van der Waals surface area contributed by atoms with E-state index in [1.807, 2.05) is 42.5 Å². The van der Waals surface area contributed by atoms with Crippen LogP contribution in [0.5, 0.6) is 17.2 Å². The molecular formula is C18H15F3N2O5. The number of fused-ring (bicyclic) bond motifs is 4. The first-order chi connectivity index (χ1) is 13.2. The van der Waals surface area contributed by atoms with Crippen molar-refractivity contribution in [2.75, 3.05) is 13.7 Å². The summed E-state index contributed by atoms with van der Waals surface area (Å²) in [6, 6.07) is 13.7. The van der Waals surface area contributed by atoms with Crippen LogP contribution < -0.4 is 15.2 Å². The summed E-state index contributed by atoms with van der Waals surface area (Å²) < 4.78 is 48.7. The molecule has 4 rings (SSSR count). The summed E-state index contributed by atoms with van der Waals surface area (Å²) in [5, 5.41) is 7.12. The Morgan fingerprint density at radius 2 is 1.86 bits per heavy atom. The number of ether oxygens (including phenoxy) is 3. The summed E-state index contributed by atoms with van der Waals surface area (Å²) >= 11 is 0. The minimum Gasteiger partial charge on any atom is -0.496 e. The number of carboxylic acids is 1. The standard InChI is InChI=1S/C16H14N2O3.C2HF3O2/c1-19-12-7-4-8-13-14(12)16(9-20-15(17)18-16)10-5-2-3-6-11(10)21-13;3-2(4,5)1(6)7/h2-8H,9H2,1H3,(H2,17,18);(H,6,7). The lowest BCUT2D eigenvalue weighted by molar-refractivity contribution is -0.192. The topological polar surface area (TPSA) is 103 Å². The minimum absolute atomic E-state index is 0.184. The molecule has 0 aliphatic carbocycles. The number of nitrogens with zero attached hydrogens (tertiary/aromatic N) is 1. The molecule has 0 fully saturated rings. The van der Waals surface area contributed by atoms with Crippen molar-refractivity contribution in [2.45, 2.75) is 11.7 Å². The zero-order valence-electron chi connectivity index (χ0n) is 14.5. The molecule has 10 heteroatoms. The molecule has 2 heterocycles. The molecule has 3 N–H and O–H groups in total. The largest absolute Gasteiger partial charge is 0.496 e. The second-order valence-corrected chi connectivity index (χ2v) is 5.83. The Kier molecular flexibility index (Phi) is 4.80. The number of methoxy groups -OCH3 is 1. The molecule has 0 aromatic heterocycles. The first-order valence-corrected chi connectivity index (χ1v) is 7.92. The molecular weight excluding hydrogens is 381 g/mol. The lowest BCUT2D eigenvalue weighted by atomic mass is 9.81. The van der Waals surface area contributed by atoms with Crippen molar-refractivity contribution < 1.29 is 37.3 Å². The van der Waals surface area contributed by atoms with Crippen molar-refractivity contribution in [1.82, 2.24) is 0 Å². The average Bonchev–Trinajstić information content (AvgIpc) is 3.03. The fraction of sp³-hybridized carbons (Fsp3) is 0.222. The van der Waals surface area contributed by atoms with Crippen LogP contribution in [-0.2, 0) is 15.1 Å². The van der Waals surface area contributed by atoms with Crippen molar-refractivity contribution in [3.05, 3.63) is 53.6 Å². The van der Waals surface area contributed by atoms with Gasteiger partial charge in [-0.1, -0.05) is 24.3 Å². The van der Waals surface area contributed by atoms with Crippen molar-refractivity contribution in [2.24, 2.45) is 10.7 Å². The Bertz CT molecular complexity index is 945. The highest BCUT2D eigenvalue weighted by Crippen LogP contribution is 2.53. The molecule has 7 nitrogen and oxygen atoms in total. The lowest BCUT2D eigenvalue weighted by Gasteiger charge is -2.34. The normalized spacial score (nSPS) is 19.2. The molecule has 0 bridgehead atoms. The summed E-state index contributed by atoms with van der Waals surface area (Å²) in [6.07, 6.45) is -5.08. The SMILES string of the molecule is COc1cccc2c1C1(COC(N)=N1)c1ccccc1O2.O=C(O)C(F)(F)F. The van der Waals surface area contributed by atoms with Gasteiger partial charge in [0.25, 0.3) is 6.02 Å². The van der Waals surface area contributed by atoms with Gasteiger partial charge in [-0.25, -0.2) is 9.79 Å². The van der Waals surface area contributed by atoms with E-state index in [4.69, 9.17) is 29.8 Å². The van der Waals surface area contributed by atoms with Crippen LogP contribution in [-0.4, -0.2) is 37.0 Å². The van der Waals surface area contributed by atoms with Crippen LogP contribution in [0.4, 0.5) is 13.2 Å². The van der Waals surface area contributed by atoms with E-state index in [9.17, 15) is 13.2 Å². The molecule has 2 aliphatic heterocycles. The van der Waals surface area contributed by atoms with Gasteiger partial charge in [-0.05, 0) is 18.2 Å². The first-order valence-electron chi connectivity index (χ1n) is 7.92. The van der Waals surface area contributed by atoms with Crippen LogP contribution in [0.25, 0.3) is 0 Å². The Labute approximate surface area is 157 Å². The van der Waals surface area contributed by atoms with Crippen molar-refractivity contribution in [1.29, 1.82) is 0 Å². The third-order valence-corrected chi connectivity index (χ3v) is 4.15. The summed E-state index contributed by atoms with van der Waals surface area (Å²) in [5.74, 6) is -0.563. The van der Waals surface area contributed by atoms with Gasteiger partial charge in [-0.3, -0.25) is 0 Å². The predicted octanol–water partition coefficient (Wildman–Crippen LogP) is 3.02. The number of aliphatic imine (C=N–C) groups is 1. The highest BCUT2D eigenvalue weighted by molar-refractivity contribution is 5.77. The average molecular weight is 396 g/mol. The zero-order chi connectivity index (χ0) is 20.5. The molecule has 28 heavy (non-hydrogen) atoms. The summed E-state index contributed by atoms with van der Waals surface area (Å²) in [4.78, 5) is 13.5. The second-order valence-electron chi connectivity index (χ2n) is 5.83. The highest BCUT2D eigenvalue weighted by Gasteiger charge is 2.48. The third-order valence-electron chi connectivity index (χ3n) is 4.15. The van der Waals surface area contributed by atoms with E-state index in [1.54, 1.807) is 7.11 Å². The Morgan fingerprint density at radius 3 is 2.43 bits per heavy atom. The van der Waals surface area contributed by atoms with Gasteiger partial charge in [-0.2, -0.15) is 13.2 Å². The van der Waals surface area contributed by atoms with E-state index in [-0.39, 0.29) is 6.02 Å². The van der Waals surface area contributed by atoms with Gasteiger partial charge < -0.3 is 25.1 Å². The van der Waals surface area contributed by atoms with Crippen LogP contribution in [0, 0.1) is 0 Å². The predicted molar refractivity (Wildman–Crippen MR) is 91.6 cm³/mol. The third kappa shape index (κ3) is 3.28. The molecule has 2 aliphatic rings. The number of alkyl halides is 3. The molecule has 0 saturated heterocycles. The van der Waals surface area contributed by atoms with Gasteiger partial charge in [0.2, 0.25) is 0 Å². The molecule has 1 atom stereocenters. The fourth-order valence-electron chi connectivity index (χ4n) is 3.02. The number of carbonyl (C=O) groups is 1. The minimum atomic E-state index is -5.08. The van der Waals surface area contributed by atoms with Crippen LogP contribution in [0.1, 0.15) is 11.1 Å². The summed E-state index contributed by atoms with van der Waals surface area (Å²) in [5.41, 5.74) is 6.87. The molecule has 0 radical (unpaired) electrons. The molecule has 2 aromatic rings. The first kappa shape index (κ1) is 19.3. The molecule has 2 aromatic carbocycles. The van der Waals surface area contributed by atoms with Gasteiger partial charge >= 0.3 is 12.1 Å². The highest BCUT2D eigenvalue weighted by atomic mass is 19.4. The summed E-state index contributed by atoms with van der Waals surface area (Å²) in [7, 11) is 1.63. The van der Waals surface area contributed by atoms with E-state index in [1.165, 1.54) is 0 Å². The number of nitrogens with two attached hydrogens (primary N) is 1. The second kappa shape index (κ2) is 6.95. The van der Waals surface area contributed by atoms with Crippen LogP contribution >= 0.6 is 0 Å². The van der Waals surface area contributed by atoms with Crippen LogP contribution in [0.15, 0.2) is 47.5 Å². The van der Waals surface area contributed by atoms with Crippen molar-refractivity contribution in [3.63, 3.8) is 0 Å². The van der Waals surface area contributed by atoms with Gasteiger partial charge in [-0.15, -0.1) is 0 Å². The Balaban J connectivity index is 0.000000279. The monoisotopic (exact) mass is 396 g/mol. The Morgan fingerprint density at radius 1 is 1.21 bits per heavy atom. The van der Waals surface area contributed by atoms with E-state index in [0.29, 0.717) is 12.4 Å². The Hall–Kier alpha value is -3.43. The maximum Gasteiger partial charge on any atom is 0.490 e.